The third-order valence-electron chi connectivity index (χ3n) is 7.46. The van der Waals surface area contributed by atoms with Crippen LogP contribution in [0.1, 0.15) is 54.4 Å². The summed E-state index contributed by atoms with van der Waals surface area (Å²) < 4.78 is 5.14. The molecule has 4 nitrogen and oxygen atoms in total. The fourth-order valence-electron chi connectivity index (χ4n) is 5.86. The van der Waals surface area contributed by atoms with Crippen molar-refractivity contribution in [2.75, 3.05) is 26.7 Å². The summed E-state index contributed by atoms with van der Waals surface area (Å²) in [6.45, 7) is 4.80. The summed E-state index contributed by atoms with van der Waals surface area (Å²) in [5.74, 6) is 0.474. The van der Waals surface area contributed by atoms with Crippen molar-refractivity contribution in [3.05, 3.63) is 69.7 Å². The lowest BCUT2D eigenvalue weighted by molar-refractivity contribution is -0.131. The fourth-order valence-corrected chi connectivity index (χ4v) is 6.03. The van der Waals surface area contributed by atoms with Gasteiger partial charge >= 0.3 is 0 Å². The smallest absolute Gasteiger partial charge is 0.249 e. The van der Waals surface area contributed by atoms with Gasteiger partial charge in [-0.2, -0.15) is 0 Å². The van der Waals surface area contributed by atoms with Crippen LogP contribution in [-0.4, -0.2) is 49.7 Å². The standard InChI is InChI=1S/C25H29ClN2O2/c1-16(30-2)24(29)27-18-9-11-28(12-10-18)15-25-14-21(19-5-3-4-6-22(19)25)20-8-7-17(26)13-23(20)25/h3-8,13,16,18,21H,9-12,14-15H2,1-2H3,(H,27,29)/t16-,21-,25+/m1/s1. The highest BCUT2D eigenvalue weighted by Gasteiger charge is 2.53. The number of carbonyl (C=O) groups excluding carboxylic acids is 1. The molecule has 0 spiro atoms. The fraction of sp³-hybridized carbons (Fsp3) is 0.480. The molecule has 158 valence electrons. The third-order valence-corrected chi connectivity index (χ3v) is 7.70. The van der Waals surface area contributed by atoms with Crippen LogP contribution in [0.5, 0.6) is 0 Å². The molecule has 1 aliphatic heterocycles. The monoisotopic (exact) mass is 424 g/mol. The van der Waals surface area contributed by atoms with Gasteiger partial charge in [0.15, 0.2) is 0 Å². The molecule has 30 heavy (non-hydrogen) atoms. The number of amides is 1. The molecule has 1 fully saturated rings. The number of hydrogen-bond acceptors (Lipinski definition) is 3. The quantitative estimate of drug-likeness (QED) is 0.785. The van der Waals surface area contributed by atoms with E-state index in [0.717, 1.165) is 43.9 Å². The summed E-state index contributed by atoms with van der Waals surface area (Å²) >= 11 is 6.43. The van der Waals surface area contributed by atoms with E-state index in [9.17, 15) is 4.79 Å². The number of carbonyl (C=O) groups is 1. The van der Waals surface area contributed by atoms with Gasteiger partial charge in [-0.15, -0.1) is 0 Å². The average molecular weight is 425 g/mol. The maximum Gasteiger partial charge on any atom is 0.249 e. The molecule has 1 amide bonds. The Hall–Kier alpha value is -1.88. The number of rotatable bonds is 5. The molecule has 0 unspecified atom stereocenters. The van der Waals surface area contributed by atoms with Crippen LogP contribution in [0, 0.1) is 0 Å². The van der Waals surface area contributed by atoms with Crippen molar-refractivity contribution in [1.29, 1.82) is 0 Å². The summed E-state index contributed by atoms with van der Waals surface area (Å²) in [7, 11) is 1.57. The molecule has 0 radical (unpaired) electrons. The largest absolute Gasteiger partial charge is 0.372 e. The number of halogens is 1. The summed E-state index contributed by atoms with van der Waals surface area (Å²) in [5.41, 5.74) is 5.87. The number of benzene rings is 2. The van der Waals surface area contributed by atoms with Gasteiger partial charge in [0.25, 0.3) is 0 Å². The Morgan fingerprint density at radius 3 is 2.70 bits per heavy atom. The number of hydrogen-bond donors (Lipinski definition) is 1. The molecule has 1 heterocycles. The summed E-state index contributed by atoms with van der Waals surface area (Å²) in [5, 5.41) is 3.97. The molecule has 3 aliphatic rings. The number of methoxy groups -OCH3 is 1. The van der Waals surface area contributed by atoms with Gasteiger partial charge in [0.2, 0.25) is 5.91 Å². The predicted octanol–water partition coefficient (Wildman–Crippen LogP) is 4.09. The van der Waals surface area contributed by atoms with Crippen LogP contribution >= 0.6 is 11.6 Å². The van der Waals surface area contributed by atoms with Crippen LogP contribution in [0.4, 0.5) is 0 Å². The highest BCUT2D eigenvalue weighted by molar-refractivity contribution is 6.30. The molecule has 0 aromatic heterocycles. The Morgan fingerprint density at radius 1 is 1.20 bits per heavy atom. The molecule has 1 N–H and O–H groups in total. The lowest BCUT2D eigenvalue weighted by atomic mass is 9.74. The van der Waals surface area contributed by atoms with Gasteiger partial charge < -0.3 is 15.0 Å². The average Bonchev–Trinajstić information content (AvgIpc) is 3.26. The van der Waals surface area contributed by atoms with Crippen LogP contribution in [-0.2, 0) is 14.9 Å². The van der Waals surface area contributed by atoms with Crippen molar-refractivity contribution in [2.24, 2.45) is 0 Å². The van der Waals surface area contributed by atoms with Gasteiger partial charge in [-0.3, -0.25) is 4.79 Å². The Bertz CT molecular complexity index is 969. The topological polar surface area (TPSA) is 41.6 Å². The van der Waals surface area contributed by atoms with E-state index < -0.39 is 6.10 Å². The second-order valence-corrected chi connectivity index (χ2v) is 9.53. The molecule has 2 aromatic rings. The molecular weight excluding hydrogens is 396 g/mol. The first kappa shape index (κ1) is 20.0. The lowest BCUT2D eigenvalue weighted by Crippen LogP contribution is -2.50. The maximum atomic E-state index is 12.1. The second kappa shape index (κ2) is 7.67. The van der Waals surface area contributed by atoms with Gasteiger partial charge in [-0.1, -0.05) is 41.9 Å². The van der Waals surface area contributed by atoms with E-state index in [4.69, 9.17) is 16.3 Å². The summed E-state index contributed by atoms with van der Waals surface area (Å²) in [6.07, 6.45) is 2.70. The highest BCUT2D eigenvalue weighted by Crippen LogP contribution is 2.60. The minimum Gasteiger partial charge on any atom is -0.372 e. The van der Waals surface area contributed by atoms with Crippen molar-refractivity contribution < 1.29 is 9.53 Å². The zero-order valence-electron chi connectivity index (χ0n) is 17.7. The first-order valence-corrected chi connectivity index (χ1v) is 11.3. The number of ether oxygens (including phenoxy) is 1. The first-order chi connectivity index (χ1) is 14.5. The molecule has 2 aliphatic carbocycles. The van der Waals surface area contributed by atoms with Crippen molar-refractivity contribution in [1.82, 2.24) is 10.2 Å². The number of piperidine rings is 1. The van der Waals surface area contributed by atoms with Crippen LogP contribution in [0.3, 0.4) is 0 Å². The SMILES string of the molecule is CO[C@H](C)C(=O)NC1CCN(C[C@@]23C[C@H](c4ccccc42)c2ccc(Cl)cc23)CC1. The molecule has 2 bridgehead atoms. The zero-order chi connectivity index (χ0) is 20.9. The molecule has 3 atom stereocenters. The Labute approximate surface area is 183 Å². The Kier molecular flexibility index (Phi) is 5.12. The van der Waals surface area contributed by atoms with Crippen LogP contribution in [0.15, 0.2) is 42.5 Å². The number of likely N-dealkylation sites (tertiary alicyclic amines) is 1. The van der Waals surface area contributed by atoms with Gasteiger partial charge in [0, 0.05) is 49.1 Å². The highest BCUT2D eigenvalue weighted by atomic mass is 35.5. The van der Waals surface area contributed by atoms with Crippen molar-refractivity contribution in [2.45, 2.75) is 49.7 Å². The molecule has 0 saturated carbocycles. The van der Waals surface area contributed by atoms with Crippen LogP contribution < -0.4 is 5.32 Å². The van der Waals surface area contributed by atoms with E-state index in [0.29, 0.717) is 5.92 Å². The van der Waals surface area contributed by atoms with E-state index >= 15 is 0 Å². The minimum absolute atomic E-state index is 0.0125. The zero-order valence-corrected chi connectivity index (χ0v) is 18.4. The number of fused-ring (bicyclic) bond motifs is 8. The predicted molar refractivity (Wildman–Crippen MR) is 119 cm³/mol. The first-order valence-electron chi connectivity index (χ1n) is 11.0. The van der Waals surface area contributed by atoms with E-state index in [1.807, 2.05) is 6.07 Å². The summed E-state index contributed by atoms with van der Waals surface area (Å²) in [6, 6.07) is 15.7. The normalized spacial score (nSPS) is 26.3. The van der Waals surface area contributed by atoms with E-state index in [-0.39, 0.29) is 17.4 Å². The number of nitrogens with one attached hydrogen (secondary N) is 1. The second-order valence-electron chi connectivity index (χ2n) is 9.09. The van der Waals surface area contributed by atoms with Crippen LogP contribution in [0.25, 0.3) is 0 Å². The molecule has 5 rings (SSSR count). The van der Waals surface area contributed by atoms with Gasteiger partial charge in [0.1, 0.15) is 6.10 Å². The van der Waals surface area contributed by atoms with E-state index in [1.54, 1.807) is 14.0 Å². The number of nitrogens with zero attached hydrogens (tertiary/aromatic N) is 1. The molecule has 1 saturated heterocycles. The molecular formula is C25H29ClN2O2. The van der Waals surface area contributed by atoms with Gasteiger partial charge in [-0.25, -0.2) is 0 Å². The van der Waals surface area contributed by atoms with Gasteiger partial charge in [0.05, 0.1) is 0 Å². The van der Waals surface area contributed by atoms with Crippen LogP contribution in [0.2, 0.25) is 5.02 Å². The van der Waals surface area contributed by atoms with E-state index in [2.05, 4.69) is 46.6 Å². The van der Waals surface area contributed by atoms with Crippen molar-refractivity contribution in [3.8, 4) is 0 Å². The Morgan fingerprint density at radius 2 is 1.93 bits per heavy atom. The minimum atomic E-state index is -0.395. The molecule has 5 heteroatoms. The van der Waals surface area contributed by atoms with Crippen molar-refractivity contribution in [3.63, 3.8) is 0 Å². The Balaban J connectivity index is 1.35. The van der Waals surface area contributed by atoms with E-state index in [1.165, 1.54) is 22.3 Å². The summed E-state index contributed by atoms with van der Waals surface area (Å²) in [4.78, 5) is 14.7. The maximum absolute atomic E-state index is 12.1. The van der Waals surface area contributed by atoms with Gasteiger partial charge in [-0.05, 0) is 60.6 Å². The van der Waals surface area contributed by atoms with Crippen molar-refractivity contribution >= 4 is 17.5 Å². The lowest BCUT2D eigenvalue weighted by Gasteiger charge is -2.40. The molecule has 2 aromatic carbocycles. The third kappa shape index (κ3) is 3.17.